The van der Waals surface area contributed by atoms with Gasteiger partial charge in [-0.05, 0) is 31.2 Å². The summed E-state index contributed by atoms with van der Waals surface area (Å²) in [7, 11) is 0. The van der Waals surface area contributed by atoms with Crippen molar-refractivity contribution < 1.29 is 19.1 Å². The van der Waals surface area contributed by atoms with Crippen molar-refractivity contribution in [1.29, 1.82) is 0 Å². The summed E-state index contributed by atoms with van der Waals surface area (Å²) in [6.07, 6.45) is 1.62. The average molecular weight is 402 g/mol. The minimum atomic E-state index is -0.329. The number of para-hydroxylation sites is 1. The van der Waals surface area contributed by atoms with Gasteiger partial charge in [-0.15, -0.1) is 0 Å². The summed E-state index contributed by atoms with van der Waals surface area (Å²) >= 11 is 6.42. The summed E-state index contributed by atoms with van der Waals surface area (Å²) in [4.78, 5) is 28.6. The molecule has 0 aliphatic carbocycles. The first kappa shape index (κ1) is 19.3. The number of carbonyl (C=O) groups is 2. The molecule has 1 aliphatic rings. The topological polar surface area (TPSA) is 74.0 Å². The number of furan rings is 1. The van der Waals surface area contributed by atoms with Crippen molar-refractivity contribution in [2.24, 2.45) is 0 Å². The second kappa shape index (κ2) is 8.51. The number of anilines is 1. The number of thiocarbonyl (C=S) groups is 1. The summed E-state index contributed by atoms with van der Waals surface area (Å²) < 4.78 is 5.79. The van der Waals surface area contributed by atoms with Gasteiger partial charge in [0.25, 0.3) is 5.91 Å². The number of thioether (sulfide) groups is 1. The SMILES string of the molecule is Cc1ccc(/C=C2\SC(=S)N(CC(=O)N(CCO)c3ccccc3)C2=O)o1. The third-order valence-corrected chi connectivity index (χ3v) is 5.27. The van der Waals surface area contributed by atoms with E-state index in [-0.39, 0.29) is 31.5 Å². The number of aliphatic hydroxyl groups excluding tert-OH is 1. The van der Waals surface area contributed by atoms with Crippen molar-refractivity contribution in [3.05, 3.63) is 58.9 Å². The average Bonchev–Trinajstić information content (AvgIpc) is 3.18. The Balaban J connectivity index is 1.76. The van der Waals surface area contributed by atoms with Crippen LogP contribution < -0.4 is 4.90 Å². The third kappa shape index (κ3) is 4.47. The van der Waals surface area contributed by atoms with Gasteiger partial charge in [-0.3, -0.25) is 14.5 Å². The molecule has 0 bridgehead atoms. The highest BCUT2D eigenvalue weighted by Crippen LogP contribution is 2.33. The zero-order valence-electron chi connectivity index (χ0n) is 14.6. The molecule has 6 nitrogen and oxygen atoms in total. The summed E-state index contributed by atoms with van der Waals surface area (Å²) in [5.41, 5.74) is 0.656. The van der Waals surface area contributed by atoms with Crippen molar-refractivity contribution in [2.75, 3.05) is 24.6 Å². The Morgan fingerprint density at radius 1 is 1.30 bits per heavy atom. The van der Waals surface area contributed by atoms with Crippen molar-refractivity contribution in [3.63, 3.8) is 0 Å². The first-order valence-corrected chi connectivity index (χ1v) is 9.50. The van der Waals surface area contributed by atoms with Crippen LogP contribution in [-0.4, -0.2) is 45.8 Å². The number of amides is 2. The van der Waals surface area contributed by atoms with Gasteiger partial charge in [0.15, 0.2) is 0 Å². The first-order valence-electron chi connectivity index (χ1n) is 8.27. The quantitative estimate of drug-likeness (QED) is 0.592. The van der Waals surface area contributed by atoms with E-state index in [1.165, 1.54) is 9.80 Å². The molecule has 1 N–H and O–H groups in total. The number of hydrogen-bond donors (Lipinski definition) is 1. The van der Waals surface area contributed by atoms with Crippen LogP contribution in [0.25, 0.3) is 6.08 Å². The fraction of sp³-hybridized carbons (Fsp3) is 0.211. The second-order valence-electron chi connectivity index (χ2n) is 5.82. The van der Waals surface area contributed by atoms with Gasteiger partial charge in [0.05, 0.1) is 11.5 Å². The van der Waals surface area contributed by atoms with Crippen LogP contribution in [0.5, 0.6) is 0 Å². The molecule has 0 atom stereocenters. The molecule has 1 saturated heterocycles. The summed E-state index contributed by atoms with van der Waals surface area (Å²) in [5.74, 6) is 0.658. The Morgan fingerprint density at radius 3 is 2.67 bits per heavy atom. The van der Waals surface area contributed by atoms with Gasteiger partial charge in [0.1, 0.15) is 22.4 Å². The number of nitrogens with zero attached hydrogens (tertiary/aromatic N) is 2. The van der Waals surface area contributed by atoms with E-state index in [0.29, 0.717) is 20.7 Å². The molecule has 1 aromatic carbocycles. The van der Waals surface area contributed by atoms with Gasteiger partial charge in [-0.1, -0.05) is 42.2 Å². The zero-order chi connectivity index (χ0) is 19.4. The fourth-order valence-corrected chi connectivity index (χ4v) is 3.86. The maximum Gasteiger partial charge on any atom is 0.266 e. The molecular weight excluding hydrogens is 384 g/mol. The van der Waals surface area contributed by atoms with E-state index in [2.05, 4.69) is 0 Å². The maximum atomic E-state index is 12.8. The van der Waals surface area contributed by atoms with Crippen LogP contribution in [0, 0.1) is 6.92 Å². The van der Waals surface area contributed by atoms with Crippen LogP contribution >= 0.6 is 24.0 Å². The molecular formula is C19H18N2O4S2. The van der Waals surface area contributed by atoms with Crippen LogP contribution in [-0.2, 0) is 9.59 Å². The number of carbonyl (C=O) groups excluding carboxylic acids is 2. The third-order valence-electron chi connectivity index (χ3n) is 3.89. The molecule has 0 unspecified atom stereocenters. The van der Waals surface area contributed by atoms with E-state index in [1.54, 1.807) is 36.4 Å². The molecule has 0 saturated carbocycles. The van der Waals surface area contributed by atoms with E-state index in [9.17, 15) is 14.7 Å². The molecule has 27 heavy (non-hydrogen) atoms. The largest absolute Gasteiger partial charge is 0.462 e. The fourth-order valence-electron chi connectivity index (χ4n) is 2.62. The smallest absolute Gasteiger partial charge is 0.266 e. The highest BCUT2D eigenvalue weighted by molar-refractivity contribution is 8.26. The minimum Gasteiger partial charge on any atom is -0.462 e. The van der Waals surface area contributed by atoms with Crippen LogP contribution in [0.2, 0.25) is 0 Å². The number of hydrogen-bond acceptors (Lipinski definition) is 6. The van der Waals surface area contributed by atoms with E-state index >= 15 is 0 Å². The zero-order valence-corrected chi connectivity index (χ0v) is 16.3. The van der Waals surface area contributed by atoms with Gasteiger partial charge < -0.3 is 14.4 Å². The lowest BCUT2D eigenvalue weighted by molar-refractivity contribution is -0.127. The van der Waals surface area contributed by atoms with Crippen molar-refractivity contribution >= 4 is 51.9 Å². The molecule has 8 heteroatoms. The number of aryl methyl sites for hydroxylation is 1. The summed E-state index contributed by atoms with van der Waals surface area (Å²) in [5, 5.41) is 9.30. The molecule has 0 spiro atoms. The summed E-state index contributed by atoms with van der Waals surface area (Å²) in [6.45, 7) is 1.59. The number of benzene rings is 1. The van der Waals surface area contributed by atoms with E-state index in [1.807, 2.05) is 19.1 Å². The standard InChI is InChI=1S/C19H18N2O4S2/c1-13-7-8-15(25-13)11-16-18(24)21(19(26)27-16)12-17(23)20(9-10-22)14-5-3-2-4-6-14/h2-8,11,22H,9-10,12H2,1H3/b16-11-. The minimum absolute atomic E-state index is 0.138. The van der Waals surface area contributed by atoms with Crippen molar-refractivity contribution in [2.45, 2.75) is 6.92 Å². The lowest BCUT2D eigenvalue weighted by Gasteiger charge is -2.24. The number of aliphatic hydroxyl groups is 1. The van der Waals surface area contributed by atoms with Gasteiger partial charge in [-0.2, -0.15) is 0 Å². The lowest BCUT2D eigenvalue weighted by atomic mass is 10.2. The maximum absolute atomic E-state index is 12.8. The van der Waals surface area contributed by atoms with Crippen LogP contribution in [0.4, 0.5) is 5.69 Å². The predicted molar refractivity (Wildman–Crippen MR) is 109 cm³/mol. The molecule has 1 fully saturated rings. The van der Waals surface area contributed by atoms with Crippen molar-refractivity contribution in [3.8, 4) is 0 Å². The molecule has 1 aliphatic heterocycles. The Kier molecular flexibility index (Phi) is 6.10. The van der Waals surface area contributed by atoms with Crippen LogP contribution in [0.15, 0.2) is 51.8 Å². The van der Waals surface area contributed by atoms with Gasteiger partial charge >= 0.3 is 0 Å². The van der Waals surface area contributed by atoms with E-state index in [4.69, 9.17) is 16.6 Å². The molecule has 140 valence electrons. The highest BCUT2D eigenvalue weighted by Gasteiger charge is 2.34. The Bertz CT molecular complexity index is 892. The lowest BCUT2D eigenvalue weighted by Crippen LogP contribution is -2.43. The molecule has 1 aromatic heterocycles. The van der Waals surface area contributed by atoms with Gasteiger partial charge in [-0.25, -0.2) is 0 Å². The van der Waals surface area contributed by atoms with Crippen LogP contribution in [0.3, 0.4) is 0 Å². The highest BCUT2D eigenvalue weighted by atomic mass is 32.2. The molecule has 0 radical (unpaired) electrons. The predicted octanol–water partition coefficient (Wildman–Crippen LogP) is 2.81. The number of rotatable bonds is 6. The molecule has 3 rings (SSSR count). The Labute approximate surface area is 166 Å². The van der Waals surface area contributed by atoms with Crippen LogP contribution in [0.1, 0.15) is 11.5 Å². The molecule has 2 aromatic rings. The first-order chi connectivity index (χ1) is 13.0. The Hall–Kier alpha value is -2.42. The van der Waals surface area contributed by atoms with Crippen molar-refractivity contribution in [1.82, 2.24) is 4.90 Å². The van der Waals surface area contributed by atoms with Gasteiger partial charge in [0, 0.05) is 18.3 Å². The monoisotopic (exact) mass is 402 g/mol. The van der Waals surface area contributed by atoms with E-state index < -0.39 is 0 Å². The molecule has 2 amide bonds. The summed E-state index contributed by atoms with van der Waals surface area (Å²) in [6, 6.07) is 12.6. The van der Waals surface area contributed by atoms with Gasteiger partial charge in [0.2, 0.25) is 5.91 Å². The molecule has 2 heterocycles. The normalized spacial score (nSPS) is 15.6. The Morgan fingerprint density at radius 2 is 2.04 bits per heavy atom. The second-order valence-corrected chi connectivity index (χ2v) is 7.50. The van der Waals surface area contributed by atoms with E-state index in [0.717, 1.165) is 17.5 Å².